The number of anilines is 2. The smallest absolute Gasteiger partial charge is 0.414 e. The van der Waals surface area contributed by atoms with Crippen molar-refractivity contribution in [2.75, 3.05) is 36.0 Å². The highest BCUT2D eigenvalue weighted by molar-refractivity contribution is 5.93. The zero-order valence-electron chi connectivity index (χ0n) is 14.4. The third-order valence-electron chi connectivity index (χ3n) is 3.77. The number of unbranched alkanes of at least 4 members (excludes halogenated alkanes) is 1. The first-order valence-electron chi connectivity index (χ1n) is 8.38. The van der Waals surface area contributed by atoms with Gasteiger partial charge in [0.1, 0.15) is 5.60 Å². The second-order valence-electron chi connectivity index (χ2n) is 6.89. The number of hydrogen-bond acceptors (Lipinski definition) is 4. The number of nitrogens with zero attached hydrogens (tertiary/aromatic N) is 2. The van der Waals surface area contributed by atoms with Crippen LogP contribution in [0.15, 0.2) is 24.3 Å². The topological polar surface area (TPSA) is 53.0 Å². The first-order chi connectivity index (χ1) is 10.9. The highest BCUT2D eigenvalue weighted by atomic mass is 16.6. The van der Waals surface area contributed by atoms with Crippen LogP contribution in [0.2, 0.25) is 0 Å². The van der Waals surface area contributed by atoms with Gasteiger partial charge in [-0.15, -0.1) is 0 Å². The summed E-state index contributed by atoms with van der Waals surface area (Å²) < 4.78 is 5.56. The fourth-order valence-corrected chi connectivity index (χ4v) is 2.77. The first-order valence-corrected chi connectivity index (χ1v) is 8.38. The summed E-state index contributed by atoms with van der Waals surface area (Å²) in [6.45, 7) is 8.32. The van der Waals surface area contributed by atoms with Gasteiger partial charge in [-0.05, 0) is 52.2 Å². The van der Waals surface area contributed by atoms with Gasteiger partial charge >= 0.3 is 6.09 Å². The van der Waals surface area contributed by atoms with Crippen LogP contribution >= 0.6 is 0 Å². The molecule has 0 bridgehead atoms. The van der Waals surface area contributed by atoms with E-state index < -0.39 is 5.60 Å². The van der Waals surface area contributed by atoms with Crippen LogP contribution in [0.5, 0.6) is 0 Å². The van der Waals surface area contributed by atoms with E-state index in [4.69, 9.17) is 9.84 Å². The Balaban J connectivity index is 2.22. The number of hydrogen-bond donors (Lipinski definition) is 1. The third-order valence-corrected chi connectivity index (χ3v) is 3.77. The molecule has 1 N–H and O–H groups in total. The molecule has 0 atom stereocenters. The molecule has 23 heavy (non-hydrogen) atoms. The number of carbonyl (C=O) groups is 1. The largest absolute Gasteiger partial charge is 0.443 e. The minimum atomic E-state index is -0.501. The van der Waals surface area contributed by atoms with Crippen LogP contribution in [0, 0.1) is 0 Å². The lowest BCUT2D eigenvalue weighted by Gasteiger charge is -2.28. The number of amides is 1. The Bertz CT molecular complexity index is 525. The summed E-state index contributed by atoms with van der Waals surface area (Å²) in [6.07, 6.45) is 2.35. The minimum absolute atomic E-state index is 0.222. The highest BCUT2D eigenvalue weighted by Gasteiger charge is 2.28. The van der Waals surface area contributed by atoms with E-state index >= 15 is 0 Å². The van der Waals surface area contributed by atoms with Crippen LogP contribution in [0.3, 0.4) is 0 Å². The van der Waals surface area contributed by atoms with Gasteiger partial charge in [0, 0.05) is 26.2 Å². The van der Waals surface area contributed by atoms with Crippen LogP contribution < -0.4 is 9.80 Å². The molecule has 0 fully saturated rings. The van der Waals surface area contributed by atoms with Gasteiger partial charge in [-0.25, -0.2) is 4.79 Å². The summed E-state index contributed by atoms with van der Waals surface area (Å²) in [7, 11) is 0. The van der Waals surface area contributed by atoms with Crippen LogP contribution in [-0.4, -0.2) is 43.0 Å². The molecule has 0 aliphatic carbocycles. The van der Waals surface area contributed by atoms with Gasteiger partial charge in [-0.3, -0.25) is 4.90 Å². The molecule has 1 aliphatic rings. The minimum Gasteiger partial charge on any atom is -0.443 e. The van der Waals surface area contributed by atoms with E-state index in [2.05, 4.69) is 11.0 Å². The van der Waals surface area contributed by atoms with Crippen molar-refractivity contribution in [1.82, 2.24) is 0 Å². The lowest BCUT2D eigenvalue weighted by atomic mass is 10.2. The molecule has 2 rings (SSSR count). The van der Waals surface area contributed by atoms with E-state index in [1.165, 1.54) is 0 Å². The highest BCUT2D eigenvalue weighted by Crippen LogP contribution is 2.33. The Labute approximate surface area is 138 Å². The average Bonchev–Trinajstić information content (AvgIpc) is 2.66. The molecular formula is C18H28N2O3. The monoisotopic (exact) mass is 320 g/mol. The second-order valence-corrected chi connectivity index (χ2v) is 6.89. The molecule has 0 spiro atoms. The quantitative estimate of drug-likeness (QED) is 0.864. The molecule has 0 saturated carbocycles. The lowest BCUT2D eigenvalue weighted by Crippen LogP contribution is -2.37. The zero-order valence-corrected chi connectivity index (χ0v) is 14.4. The van der Waals surface area contributed by atoms with Crippen molar-refractivity contribution in [2.24, 2.45) is 0 Å². The molecule has 5 heteroatoms. The molecule has 0 saturated heterocycles. The third kappa shape index (κ3) is 4.86. The Morgan fingerprint density at radius 2 is 1.87 bits per heavy atom. The van der Waals surface area contributed by atoms with Gasteiger partial charge in [-0.1, -0.05) is 12.1 Å². The van der Waals surface area contributed by atoms with Gasteiger partial charge in [0.15, 0.2) is 0 Å². The molecule has 1 aliphatic heterocycles. The fourth-order valence-electron chi connectivity index (χ4n) is 2.77. The van der Waals surface area contributed by atoms with Crippen LogP contribution in [0.1, 0.15) is 40.0 Å². The summed E-state index contributed by atoms with van der Waals surface area (Å²) >= 11 is 0. The molecule has 1 aromatic rings. The summed E-state index contributed by atoms with van der Waals surface area (Å²) in [5, 5.41) is 8.98. The summed E-state index contributed by atoms with van der Waals surface area (Å²) in [6, 6.07) is 7.98. The van der Waals surface area contributed by atoms with Crippen molar-refractivity contribution in [3.63, 3.8) is 0 Å². The molecule has 0 radical (unpaired) electrons. The lowest BCUT2D eigenvalue weighted by molar-refractivity contribution is 0.0581. The first kappa shape index (κ1) is 17.6. The van der Waals surface area contributed by atoms with E-state index in [0.29, 0.717) is 6.54 Å². The maximum absolute atomic E-state index is 12.5. The zero-order chi connectivity index (χ0) is 16.9. The van der Waals surface area contributed by atoms with Crippen molar-refractivity contribution in [2.45, 2.75) is 45.6 Å². The van der Waals surface area contributed by atoms with Gasteiger partial charge in [0.2, 0.25) is 0 Å². The summed E-state index contributed by atoms with van der Waals surface area (Å²) in [5.74, 6) is 0. The predicted molar refractivity (Wildman–Crippen MR) is 93.2 cm³/mol. The van der Waals surface area contributed by atoms with Crippen LogP contribution in [0.4, 0.5) is 16.2 Å². The van der Waals surface area contributed by atoms with Crippen molar-refractivity contribution < 1.29 is 14.6 Å². The van der Waals surface area contributed by atoms with Crippen LogP contribution in [0.25, 0.3) is 0 Å². The molecule has 5 nitrogen and oxygen atoms in total. The van der Waals surface area contributed by atoms with Gasteiger partial charge in [0.25, 0.3) is 0 Å². The van der Waals surface area contributed by atoms with Crippen molar-refractivity contribution >= 4 is 17.5 Å². The number of ether oxygens (including phenoxy) is 1. The predicted octanol–water partition coefficient (Wildman–Crippen LogP) is 3.41. The average molecular weight is 320 g/mol. The number of rotatable bonds is 4. The number of para-hydroxylation sites is 2. The van der Waals surface area contributed by atoms with E-state index in [0.717, 1.165) is 43.7 Å². The summed E-state index contributed by atoms with van der Waals surface area (Å²) in [4.78, 5) is 16.6. The molecule has 1 heterocycles. The summed E-state index contributed by atoms with van der Waals surface area (Å²) in [5.41, 5.74) is 1.47. The Morgan fingerprint density at radius 1 is 1.17 bits per heavy atom. The van der Waals surface area contributed by atoms with E-state index in [1.807, 2.05) is 39.0 Å². The SMILES string of the molecule is CC(C)(C)OC(=O)N1CCCN(CCCCO)c2ccccc21. The molecule has 0 aromatic heterocycles. The van der Waals surface area contributed by atoms with Crippen molar-refractivity contribution in [3.05, 3.63) is 24.3 Å². The number of aliphatic hydroxyl groups is 1. The molecule has 128 valence electrons. The molecular weight excluding hydrogens is 292 g/mol. The Morgan fingerprint density at radius 3 is 2.52 bits per heavy atom. The Kier molecular flexibility index (Phi) is 5.88. The maximum atomic E-state index is 12.5. The number of carbonyl (C=O) groups excluding carboxylic acids is 1. The number of benzene rings is 1. The van der Waals surface area contributed by atoms with Crippen LogP contribution in [-0.2, 0) is 4.74 Å². The normalized spacial score (nSPS) is 15.1. The van der Waals surface area contributed by atoms with E-state index in [9.17, 15) is 4.79 Å². The van der Waals surface area contributed by atoms with Gasteiger partial charge < -0.3 is 14.7 Å². The standard InChI is InChI=1S/C18H28N2O3/c1-18(2,3)23-17(22)20-13-8-12-19(11-6-7-14-21)15-9-4-5-10-16(15)20/h4-5,9-10,21H,6-8,11-14H2,1-3H3. The van der Waals surface area contributed by atoms with Crippen molar-refractivity contribution in [3.8, 4) is 0 Å². The van der Waals surface area contributed by atoms with Gasteiger partial charge in [-0.2, -0.15) is 0 Å². The van der Waals surface area contributed by atoms with E-state index in [1.54, 1.807) is 4.90 Å². The van der Waals surface area contributed by atoms with Crippen molar-refractivity contribution in [1.29, 1.82) is 0 Å². The molecule has 1 aromatic carbocycles. The molecule has 0 unspecified atom stereocenters. The second kappa shape index (κ2) is 7.68. The molecule has 1 amide bonds. The maximum Gasteiger partial charge on any atom is 0.414 e. The van der Waals surface area contributed by atoms with E-state index in [-0.39, 0.29) is 12.7 Å². The number of aliphatic hydroxyl groups excluding tert-OH is 1. The Hall–Kier alpha value is -1.75. The van der Waals surface area contributed by atoms with Gasteiger partial charge in [0.05, 0.1) is 11.4 Å². The number of fused-ring (bicyclic) bond motifs is 1. The fraction of sp³-hybridized carbons (Fsp3) is 0.611.